The number of rotatable bonds is 3. The van der Waals surface area contributed by atoms with Crippen molar-refractivity contribution in [2.75, 3.05) is 4.90 Å². The summed E-state index contributed by atoms with van der Waals surface area (Å²) in [6.45, 7) is 1.36. The summed E-state index contributed by atoms with van der Waals surface area (Å²) >= 11 is 3.37. The third kappa shape index (κ3) is 2.72. The molecule has 2 atom stereocenters. The standard InChI is InChI=1S/C18H14BrNO3/c1-11(21)15-16(12-7-9-13(19)10-8-12)20(18(23)17(15)22)14-5-3-2-4-6-14/h2-10,15-16H,1H3. The van der Waals surface area contributed by atoms with Crippen LogP contribution in [0.15, 0.2) is 59.1 Å². The van der Waals surface area contributed by atoms with Crippen LogP contribution in [0, 0.1) is 5.92 Å². The molecular formula is C18H14BrNO3. The van der Waals surface area contributed by atoms with Gasteiger partial charge >= 0.3 is 0 Å². The van der Waals surface area contributed by atoms with Crippen LogP contribution in [0.1, 0.15) is 18.5 Å². The number of ketones is 2. The fraction of sp³-hybridized carbons (Fsp3) is 0.167. The lowest BCUT2D eigenvalue weighted by Gasteiger charge is -2.26. The normalized spacial score (nSPS) is 20.9. The molecule has 1 aliphatic heterocycles. The van der Waals surface area contributed by atoms with Crippen LogP contribution >= 0.6 is 15.9 Å². The Hall–Kier alpha value is -2.27. The van der Waals surface area contributed by atoms with E-state index in [9.17, 15) is 14.4 Å². The second kappa shape index (κ2) is 6.08. The van der Waals surface area contributed by atoms with E-state index in [2.05, 4.69) is 15.9 Å². The van der Waals surface area contributed by atoms with Crippen LogP contribution in [0.25, 0.3) is 0 Å². The van der Waals surface area contributed by atoms with Crippen LogP contribution in [0.3, 0.4) is 0 Å². The number of hydrogen-bond acceptors (Lipinski definition) is 3. The molecule has 1 aliphatic rings. The maximum absolute atomic E-state index is 12.5. The molecule has 0 radical (unpaired) electrons. The number of hydrogen-bond donors (Lipinski definition) is 0. The van der Waals surface area contributed by atoms with Crippen molar-refractivity contribution in [2.24, 2.45) is 5.92 Å². The van der Waals surface area contributed by atoms with Crippen LogP contribution < -0.4 is 4.90 Å². The zero-order chi connectivity index (χ0) is 16.6. The van der Waals surface area contributed by atoms with Crippen molar-refractivity contribution < 1.29 is 14.4 Å². The maximum Gasteiger partial charge on any atom is 0.295 e. The molecule has 1 amide bonds. The van der Waals surface area contributed by atoms with Crippen molar-refractivity contribution in [3.63, 3.8) is 0 Å². The lowest BCUT2D eigenvalue weighted by atomic mass is 9.90. The van der Waals surface area contributed by atoms with Gasteiger partial charge in [0.25, 0.3) is 5.91 Å². The Morgan fingerprint density at radius 1 is 1.00 bits per heavy atom. The molecule has 2 unspecified atom stereocenters. The lowest BCUT2D eigenvalue weighted by Crippen LogP contribution is -2.30. The fourth-order valence-corrected chi connectivity index (χ4v) is 3.21. The van der Waals surface area contributed by atoms with Crippen molar-refractivity contribution in [3.05, 3.63) is 64.6 Å². The highest BCUT2D eigenvalue weighted by Crippen LogP contribution is 2.40. The van der Waals surface area contributed by atoms with Gasteiger partial charge in [-0.15, -0.1) is 0 Å². The lowest BCUT2D eigenvalue weighted by molar-refractivity contribution is -0.138. The van der Waals surface area contributed by atoms with E-state index in [4.69, 9.17) is 0 Å². The molecular weight excluding hydrogens is 358 g/mol. The van der Waals surface area contributed by atoms with Crippen LogP contribution in [0.5, 0.6) is 0 Å². The minimum absolute atomic E-state index is 0.297. The van der Waals surface area contributed by atoms with E-state index in [1.54, 1.807) is 24.3 Å². The minimum atomic E-state index is -0.969. The smallest absolute Gasteiger partial charge is 0.295 e. The Morgan fingerprint density at radius 2 is 1.61 bits per heavy atom. The zero-order valence-corrected chi connectivity index (χ0v) is 14.0. The second-order valence-corrected chi connectivity index (χ2v) is 6.38. The van der Waals surface area contributed by atoms with Crippen LogP contribution in [-0.2, 0) is 14.4 Å². The second-order valence-electron chi connectivity index (χ2n) is 5.46. The Bertz CT molecular complexity index is 771. The van der Waals surface area contributed by atoms with Crippen LogP contribution in [0.4, 0.5) is 5.69 Å². The van der Waals surface area contributed by atoms with Gasteiger partial charge in [-0.1, -0.05) is 46.3 Å². The number of nitrogens with zero attached hydrogens (tertiary/aromatic N) is 1. The van der Waals surface area contributed by atoms with Gasteiger partial charge in [-0.05, 0) is 36.8 Å². The van der Waals surface area contributed by atoms with E-state index in [1.165, 1.54) is 11.8 Å². The zero-order valence-electron chi connectivity index (χ0n) is 12.4. The first kappa shape index (κ1) is 15.6. The highest BCUT2D eigenvalue weighted by molar-refractivity contribution is 9.10. The third-order valence-corrected chi connectivity index (χ3v) is 4.52. The summed E-state index contributed by atoms with van der Waals surface area (Å²) in [7, 11) is 0. The first-order valence-corrected chi connectivity index (χ1v) is 7.98. The van der Waals surface area contributed by atoms with E-state index in [-0.39, 0.29) is 5.78 Å². The van der Waals surface area contributed by atoms with Gasteiger partial charge < -0.3 is 0 Å². The molecule has 0 spiro atoms. The van der Waals surface area contributed by atoms with Crippen LogP contribution in [-0.4, -0.2) is 17.5 Å². The largest absolute Gasteiger partial charge is 0.299 e. The predicted octanol–water partition coefficient (Wildman–Crippen LogP) is 3.31. The molecule has 23 heavy (non-hydrogen) atoms. The summed E-state index contributed by atoms with van der Waals surface area (Å²) in [6.07, 6.45) is 0. The monoisotopic (exact) mass is 371 g/mol. The number of para-hydroxylation sites is 1. The number of Topliss-reactive ketones (excluding diaryl/α,β-unsaturated/α-hetero) is 2. The molecule has 116 valence electrons. The van der Waals surface area contributed by atoms with E-state index >= 15 is 0 Å². The van der Waals surface area contributed by atoms with Crippen molar-refractivity contribution in [2.45, 2.75) is 13.0 Å². The summed E-state index contributed by atoms with van der Waals surface area (Å²) in [6, 6.07) is 15.7. The van der Waals surface area contributed by atoms with Gasteiger partial charge in [0.2, 0.25) is 5.78 Å². The first-order chi connectivity index (χ1) is 11.0. The van der Waals surface area contributed by atoms with Crippen molar-refractivity contribution in [1.29, 1.82) is 0 Å². The average molecular weight is 372 g/mol. The van der Waals surface area contributed by atoms with Gasteiger partial charge in [0, 0.05) is 10.2 Å². The Balaban J connectivity index is 2.15. The molecule has 0 bridgehead atoms. The van der Waals surface area contributed by atoms with Gasteiger partial charge in [-0.3, -0.25) is 19.3 Å². The Kier molecular flexibility index (Phi) is 4.13. The molecule has 1 heterocycles. The number of halogens is 1. The number of anilines is 1. The van der Waals surface area contributed by atoms with E-state index in [1.807, 2.05) is 30.3 Å². The van der Waals surface area contributed by atoms with Gasteiger partial charge in [0.1, 0.15) is 11.7 Å². The van der Waals surface area contributed by atoms with Gasteiger partial charge in [-0.25, -0.2) is 0 Å². The molecule has 1 fully saturated rings. The van der Waals surface area contributed by atoms with Crippen LogP contribution in [0.2, 0.25) is 0 Å². The minimum Gasteiger partial charge on any atom is -0.299 e. The van der Waals surface area contributed by atoms with Crippen molar-refractivity contribution in [1.82, 2.24) is 0 Å². The molecule has 0 aliphatic carbocycles. The molecule has 0 aromatic heterocycles. The summed E-state index contributed by atoms with van der Waals surface area (Å²) in [5.74, 6) is -2.54. The number of amides is 1. The predicted molar refractivity (Wildman–Crippen MR) is 90.0 cm³/mol. The topological polar surface area (TPSA) is 54.5 Å². The maximum atomic E-state index is 12.5. The highest BCUT2D eigenvalue weighted by Gasteiger charge is 2.50. The molecule has 0 saturated carbocycles. The number of carbonyl (C=O) groups excluding carboxylic acids is 3. The fourth-order valence-electron chi connectivity index (χ4n) is 2.95. The number of benzene rings is 2. The third-order valence-electron chi connectivity index (χ3n) is 3.99. The molecule has 3 rings (SSSR count). The van der Waals surface area contributed by atoms with Gasteiger partial charge in [0.15, 0.2) is 0 Å². The molecule has 1 saturated heterocycles. The van der Waals surface area contributed by atoms with Gasteiger partial charge in [-0.2, -0.15) is 0 Å². The molecule has 2 aromatic carbocycles. The summed E-state index contributed by atoms with van der Waals surface area (Å²) in [5.41, 5.74) is 1.37. The summed E-state index contributed by atoms with van der Waals surface area (Å²) in [4.78, 5) is 38.3. The molecule has 5 heteroatoms. The first-order valence-electron chi connectivity index (χ1n) is 7.19. The van der Waals surface area contributed by atoms with E-state index < -0.39 is 23.7 Å². The SMILES string of the molecule is CC(=O)C1C(=O)C(=O)N(c2ccccc2)C1c1ccc(Br)cc1. The molecule has 0 N–H and O–H groups in total. The Labute approximate surface area is 142 Å². The van der Waals surface area contributed by atoms with E-state index in [0.29, 0.717) is 5.69 Å². The van der Waals surface area contributed by atoms with E-state index in [0.717, 1.165) is 10.0 Å². The van der Waals surface area contributed by atoms with Gasteiger partial charge in [0.05, 0.1) is 6.04 Å². The molecule has 4 nitrogen and oxygen atoms in total. The van der Waals surface area contributed by atoms with Crippen molar-refractivity contribution in [3.8, 4) is 0 Å². The van der Waals surface area contributed by atoms with Crippen molar-refractivity contribution >= 4 is 39.1 Å². The summed E-state index contributed by atoms with van der Waals surface area (Å²) < 4.78 is 0.891. The average Bonchev–Trinajstić information content (AvgIpc) is 2.81. The number of carbonyl (C=O) groups is 3. The molecule has 2 aromatic rings. The Morgan fingerprint density at radius 3 is 2.17 bits per heavy atom. The quantitative estimate of drug-likeness (QED) is 0.614. The highest BCUT2D eigenvalue weighted by atomic mass is 79.9. The summed E-state index contributed by atoms with van der Waals surface area (Å²) in [5, 5.41) is 0.